The lowest BCUT2D eigenvalue weighted by molar-refractivity contribution is -0.376. The van der Waals surface area contributed by atoms with E-state index in [1.54, 1.807) is 13.0 Å². The molecule has 0 spiro atoms. The average Bonchev–Trinajstić information content (AvgIpc) is 3.78. The molecule has 0 amide bonds. The Labute approximate surface area is 349 Å². The first-order valence-corrected chi connectivity index (χ1v) is 21.8. The number of esters is 1. The van der Waals surface area contributed by atoms with Crippen LogP contribution in [0, 0.1) is 34.5 Å². The molecule has 0 bridgehead atoms. The Hall–Kier alpha value is -1.43. The van der Waals surface area contributed by atoms with Gasteiger partial charge in [0.25, 0.3) is 0 Å². The van der Waals surface area contributed by atoms with Crippen LogP contribution in [0.4, 0.5) is 0 Å². The Bertz CT molecular complexity index is 1570. The molecule has 7 fully saturated rings. The fraction of sp³-hybridized carbons (Fsp3) is 0.929. The van der Waals surface area contributed by atoms with Crippen molar-refractivity contribution < 1.29 is 88.6 Å². The zero-order valence-electron chi connectivity index (χ0n) is 34.8. The molecule has 4 aliphatic heterocycles. The summed E-state index contributed by atoms with van der Waals surface area (Å²) in [6.45, 7) is 5.36. The third-order valence-corrected chi connectivity index (χ3v) is 16.5. The third kappa shape index (κ3) is 7.50. The van der Waals surface area contributed by atoms with E-state index in [9.17, 15) is 50.8 Å². The summed E-state index contributed by atoms with van der Waals surface area (Å²) in [6.07, 6.45) is -12.4. The van der Waals surface area contributed by atoms with Crippen molar-refractivity contribution in [1.29, 1.82) is 0 Å². The van der Waals surface area contributed by atoms with E-state index in [0.717, 1.165) is 50.5 Å². The van der Waals surface area contributed by atoms with Crippen LogP contribution in [0.25, 0.3) is 0 Å². The van der Waals surface area contributed by atoms with Gasteiger partial charge in [0.1, 0.15) is 73.8 Å². The number of cyclic esters (lactones) is 1. The van der Waals surface area contributed by atoms with Gasteiger partial charge in [-0.25, -0.2) is 4.79 Å². The smallest absolute Gasteiger partial charge is 0.331 e. The van der Waals surface area contributed by atoms with Crippen molar-refractivity contribution in [2.24, 2.45) is 34.5 Å². The van der Waals surface area contributed by atoms with Gasteiger partial charge in [0.05, 0.1) is 31.0 Å². The number of rotatable bonds is 10. The molecule has 18 heteroatoms. The lowest BCUT2D eigenvalue weighted by Gasteiger charge is -2.64. The second kappa shape index (κ2) is 17.2. The van der Waals surface area contributed by atoms with Gasteiger partial charge in [-0.05, 0) is 99.4 Å². The zero-order chi connectivity index (χ0) is 43.1. The van der Waals surface area contributed by atoms with Crippen molar-refractivity contribution in [1.82, 2.24) is 0 Å². The van der Waals surface area contributed by atoms with Gasteiger partial charge < -0.3 is 83.9 Å². The molecule has 18 nitrogen and oxygen atoms in total. The highest BCUT2D eigenvalue weighted by Crippen LogP contribution is 2.70. The number of ether oxygens (including phenoxy) is 8. The molecule has 0 aromatic carbocycles. The Balaban J connectivity index is 0.937. The highest BCUT2D eigenvalue weighted by atomic mass is 16.8. The van der Waals surface area contributed by atoms with Crippen LogP contribution >= 0.6 is 0 Å². The van der Waals surface area contributed by atoms with E-state index in [4.69, 9.17) is 37.9 Å². The van der Waals surface area contributed by atoms with Crippen LogP contribution in [-0.2, 0) is 42.7 Å². The molecule has 4 heterocycles. The molecular weight excluding hydrogens is 792 g/mol. The highest BCUT2D eigenvalue weighted by molar-refractivity contribution is 5.85. The van der Waals surface area contributed by atoms with Crippen molar-refractivity contribution in [3.05, 3.63) is 11.6 Å². The van der Waals surface area contributed by atoms with Crippen molar-refractivity contribution in [2.75, 3.05) is 26.9 Å². The molecule has 60 heavy (non-hydrogen) atoms. The van der Waals surface area contributed by atoms with Gasteiger partial charge in [0, 0.05) is 18.6 Å². The molecule has 0 unspecified atom stereocenters. The highest BCUT2D eigenvalue weighted by Gasteiger charge is 2.68. The maximum absolute atomic E-state index is 12.7. The lowest BCUT2D eigenvalue weighted by Crippen LogP contribution is -2.65. The third-order valence-electron chi connectivity index (χ3n) is 16.5. The van der Waals surface area contributed by atoms with Gasteiger partial charge in [0.2, 0.25) is 0 Å². The molecule has 8 rings (SSSR count). The molecule has 8 aliphatic rings. The molecule has 0 aromatic heterocycles. The lowest BCUT2D eigenvalue weighted by atomic mass is 9.43. The minimum Gasteiger partial charge on any atom is -0.458 e. The summed E-state index contributed by atoms with van der Waals surface area (Å²) in [5.41, 5.74) is -0.180. The van der Waals surface area contributed by atoms with Crippen molar-refractivity contribution >= 4 is 5.97 Å². The number of carbonyl (C=O) groups is 1. The monoisotopic (exact) mass is 858 g/mol. The number of aliphatic hydroxyl groups is 9. The van der Waals surface area contributed by atoms with Gasteiger partial charge in [-0.1, -0.05) is 13.8 Å². The van der Waals surface area contributed by atoms with Gasteiger partial charge in [-0.2, -0.15) is 0 Å². The summed E-state index contributed by atoms with van der Waals surface area (Å²) >= 11 is 0. The molecule has 23 atom stereocenters. The van der Waals surface area contributed by atoms with Crippen LogP contribution in [0.15, 0.2) is 11.6 Å². The molecule has 4 saturated carbocycles. The van der Waals surface area contributed by atoms with Gasteiger partial charge in [-0.15, -0.1) is 0 Å². The van der Waals surface area contributed by atoms with E-state index in [-0.39, 0.29) is 34.7 Å². The zero-order valence-corrected chi connectivity index (χ0v) is 34.8. The largest absolute Gasteiger partial charge is 0.458 e. The first kappa shape index (κ1) is 45.1. The van der Waals surface area contributed by atoms with Crippen LogP contribution in [0.2, 0.25) is 0 Å². The summed E-state index contributed by atoms with van der Waals surface area (Å²) < 4.78 is 47.1. The fourth-order valence-electron chi connectivity index (χ4n) is 12.9. The second-order valence-electron chi connectivity index (χ2n) is 19.4. The fourth-order valence-corrected chi connectivity index (χ4v) is 12.9. The van der Waals surface area contributed by atoms with E-state index >= 15 is 0 Å². The van der Waals surface area contributed by atoms with Gasteiger partial charge >= 0.3 is 5.97 Å². The Morgan fingerprint density at radius 3 is 2.12 bits per heavy atom. The molecule has 0 aromatic rings. The van der Waals surface area contributed by atoms with Crippen molar-refractivity contribution in [2.45, 2.75) is 182 Å². The number of hydrogen-bond acceptors (Lipinski definition) is 18. The normalized spacial score (nSPS) is 54.4. The molecule has 4 aliphatic carbocycles. The minimum atomic E-state index is -1.80. The first-order valence-electron chi connectivity index (χ1n) is 21.8. The number of aliphatic hydroxyl groups excluding tert-OH is 8. The summed E-state index contributed by atoms with van der Waals surface area (Å²) in [5.74, 6) is 0.597. The molecule has 3 saturated heterocycles. The predicted molar refractivity (Wildman–Crippen MR) is 203 cm³/mol. The summed E-state index contributed by atoms with van der Waals surface area (Å²) in [5, 5.41) is 96.9. The SMILES string of the molecule is CO[C@@H]1[C@@H](O)[C@H](C)O[C@@H](O[C@H]2CC[C@@]3(C)[C@H](CC[C@@H]4[C@@H]3CC[C@]3(C)[C@H](C5=CC(=O)OC5)CC[C@]43O)C2)[C@H]1O[C@@H]1O[C@H](CO[C@@H]2O[C@H](CO)[C@@H](O)[C@H](O)[C@H]2O)[C@@H](O)[C@H](O)[C@H]1O. The average molecular weight is 859 g/mol. The molecule has 9 N–H and O–H groups in total. The van der Waals surface area contributed by atoms with E-state index < -0.39 is 111 Å². The molecule has 0 radical (unpaired) electrons. The molecular formula is C42H66O18. The van der Waals surface area contributed by atoms with E-state index in [1.165, 1.54) is 7.11 Å². The minimum absolute atomic E-state index is 0.0325. The summed E-state index contributed by atoms with van der Waals surface area (Å²) in [6, 6.07) is 0. The quantitative estimate of drug-likeness (QED) is 0.0918. The number of carbonyl (C=O) groups excluding carboxylic acids is 1. The van der Waals surface area contributed by atoms with Gasteiger partial charge in [0.15, 0.2) is 18.9 Å². The maximum atomic E-state index is 12.7. The van der Waals surface area contributed by atoms with Crippen LogP contribution in [0.3, 0.4) is 0 Å². The Kier molecular flexibility index (Phi) is 12.9. The van der Waals surface area contributed by atoms with E-state index in [2.05, 4.69) is 13.8 Å². The summed E-state index contributed by atoms with van der Waals surface area (Å²) in [7, 11) is 1.39. The number of methoxy groups -OCH3 is 1. The molecule has 342 valence electrons. The van der Waals surface area contributed by atoms with Crippen LogP contribution in [0.1, 0.15) is 78.6 Å². The van der Waals surface area contributed by atoms with Crippen LogP contribution in [0.5, 0.6) is 0 Å². The second-order valence-corrected chi connectivity index (χ2v) is 19.4. The topological polar surface area (TPSA) is 273 Å². The standard InChI is InChI=1S/C42H66O18/c1-18-28(45)35(53-4)36(60-38-34(51)32(49)30(47)26(59-38)17-55-37-33(50)31(48)29(46)25(15-43)58-37)39(56-18)57-21-7-10-40(2)20(14-21)5-6-24-23(40)8-11-41(3)22(9-12-42(24,41)52)19-13-27(44)54-16-19/h13,18,20-26,28-39,43,45-52H,5-12,14-17H2,1-4H3/t18-,20+,21-,22-,23-,24+,25+,26+,28-,29+,30+,31-,32-,33+,34+,35+,36-,37+,38-,39-,40-,41+,42-/m0/s1. The van der Waals surface area contributed by atoms with Gasteiger partial charge in [-0.3, -0.25) is 0 Å². The van der Waals surface area contributed by atoms with E-state index in [0.29, 0.717) is 31.3 Å². The first-order chi connectivity index (χ1) is 28.4. The predicted octanol–water partition coefficient (Wildman–Crippen LogP) is -1.24. The van der Waals surface area contributed by atoms with Crippen molar-refractivity contribution in [3.63, 3.8) is 0 Å². The Morgan fingerprint density at radius 2 is 1.43 bits per heavy atom. The number of fused-ring (bicyclic) bond motifs is 5. The van der Waals surface area contributed by atoms with Crippen LogP contribution in [-0.4, -0.2) is 183 Å². The van der Waals surface area contributed by atoms with Crippen LogP contribution < -0.4 is 0 Å². The Morgan fingerprint density at radius 1 is 0.733 bits per heavy atom. The maximum Gasteiger partial charge on any atom is 0.331 e. The number of hydrogen-bond donors (Lipinski definition) is 9. The van der Waals surface area contributed by atoms with E-state index in [1.807, 2.05) is 0 Å². The van der Waals surface area contributed by atoms with Crippen molar-refractivity contribution in [3.8, 4) is 0 Å². The summed E-state index contributed by atoms with van der Waals surface area (Å²) in [4.78, 5) is 12.0.